The highest BCUT2D eigenvalue weighted by atomic mass is 32.2. The summed E-state index contributed by atoms with van der Waals surface area (Å²) < 4.78 is 28.3. The van der Waals surface area contributed by atoms with Crippen LogP contribution in [-0.4, -0.2) is 48.4 Å². The van der Waals surface area contributed by atoms with E-state index in [1.54, 1.807) is 6.20 Å². The van der Waals surface area contributed by atoms with Crippen LogP contribution in [0.15, 0.2) is 47.8 Å². The van der Waals surface area contributed by atoms with Crippen LogP contribution in [0.1, 0.15) is 22.3 Å². The number of anilines is 1. The molecule has 0 aliphatic rings. The molecule has 1 unspecified atom stereocenters. The van der Waals surface area contributed by atoms with Crippen molar-refractivity contribution in [2.75, 3.05) is 17.1 Å². The summed E-state index contributed by atoms with van der Waals surface area (Å²) in [7, 11) is -3.60. The smallest absolute Gasteiger partial charge is 0.232 e. The van der Waals surface area contributed by atoms with Crippen LogP contribution < -0.4 is 4.31 Å². The molecule has 0 radical (unpaired) electrons. The molecule has 1 atom stereocenters. The highest BCUT2D eigenvalue weighted by Gasteiger charge is 2.25. The van der Waals surface area contributed by atoms with Crippen molar-refractivity contribution in [1.82, 2.24) is 4.57 Å². The van der Waals surface area contributed by atoms with Gasteiger partial charge in [0.1, 0.15) is 0 Å². The average molecular weight is 430 g/mol. The SMILES string of the molecule is Cc1cc(C)c(N(CC(O)Cn2cc(/C=N\O)c3ccccc32)S(C)(=O)=O)c(C)c1. The number of rotatable bonds is 7. The van der Waals surface area contributed by atoms with Gasteiger partial charge < -0.3 is 14.9 Å². The minimum atomic E-state index is -3.60. The van der Waals surface area contributed by atoms with Gasteiger partial charge in [0.05, 0.1) is 37.4 Å². The van der Waals surface area contributed by atoms with Crippen LogP contribution in [0.2, 0.25) is 0 Å². The maximum absolute atomic E-state index is 12.6. The lowest BCUT2D eigenvalue weighted by Crippen LogP contribution is -2.39. The molecule has 1 heterocycles. The van der Waals surface area contributed by atoms with E-state index in [-0.39, 0.29) is 13.1 Å². The van der Waals surface area contributed by atoms with Gasteiger partial charge >= 0.3 is 0 Å². The van der Waals surface area contributed by atoms with Crippen molar-refractivity contribution < 1.29 is 18.7 Å². The Balaban J connectivity index is 1.94. The van der Waals surface area contributed by atoms with Gasteiger partial charge in [-0.1, -0.05) is 41.1 Å². The Labute approximate surface area is 176 Å². The number of para-hydroxylation sites is 1. The zero-order chi connectivity index (χ0) is 22.1. The average Bonchev–Trinajstić information content (AvgIpc) is 2.97. The normalized spacial score (nSPS) is 13.2. The topological polar surface area (TPSA) is 95.1 Å². The van der Waals surface area contributed by atoms with Gasteiger partial charge in [0.25, 0.3) is 0 Å². The number of hydrogen-bond acceptors (Lipinski definition) is 5. The fraction of sp³-hybridized carbons (Fsp3) is 0.318. The van der Waals surface area contributed by atoms with Crippen molar-refractivity contribution in [3.8, 4) is 0 Å². The summed E-state index contributed by atoms with van der Waals surface area (Å²) in [5.74, 6) is 0. The van der Waals surface area contributed by atoms with Crippen LogP contribution in [-0.2, 0) is 16.6 Å². The molecule has 0 bridgehead atoms. The largest absolute Gasteiger partial charge is 0.411 e. The lowest BCUT2D eigenvalue weighted by atomic mass is 10.0. The molecule has 0 aliphatic heterocycles. The fourth-order valence-corrected chi connectivity index (χ4v) is 5.09. The first-order valence-corrected chi connectivity index (χ1v) is 11.5. The third kappa shape index (κ3) is 4.49. The number of hydrogen-bond donors (Lipinski definition) is 2. The van der Waals surface area contributed by atoms with Crippen molar-refractivity contribution in [3.05, 3.63) is 64.8 Å². The predicted octanol–water partition coefficient (Wildman–Crippen LogP) is 3.20. The number of fused-ring (bicyclic) bond motifs is 1. The summed E-state index contributed by atoms with van der Waals surface area (Å²) in [5, 5.41) is 23.7. The minimum Gasteiger partial charge on any atom is -0.411 e. The summed E-state index contributed by atoms with van der Waals surface area (Å²) in [6.07, 6.45) is 3.32. The number of aliphatic hydroxyl groups excluding tert-OH is 1. The number of oxime groups is 1. The molecule has 3 aromatic rings. The lowest BCUT2D eigenvalue weighted by molar-refractivity contribution is 0.164. The molecular formula is C22H27N3O4S. The van der Waals surface area contributed by atoms with Gasteiger partial charge in [-0.15, -0.1) is 0 Å². The Kier molecular flexibility index (Phi) is 6.19. The van der Waals surface area contributed by atoms with Gasteiger partial charge in [-0.25, -0.2) is 8.42 Å². The van der Waals surface area contributed by atoms with Gasteiger partial charge in [-0.2, -0.15) is 0 Å². The van der Waals surface area contributed by atoms with Crippen LogP contribution in [0.3, 0.4) is 0 Å². The standard InChI is InChI=1S/C22H27N3O4S/c1-15-9-16(2)22(17(3)10-15)25(30(4,28)29)14-19(26)13-24-12-18(11-23-27)20-7-5-6-8-21(20)24/h5-12,19,26-27H,13-14H2,1-4H3/b23-11-. The number of aliphatic hydroxyl groups is 1. The quantitative estimate of drug-likeness (QED) is 0.343. The van der Waals surface area contributed by atoms with Crippen molar-refractivity contribution in [3.63, 3.8) is 0 Å². The maximum Gasteiger partial charge on any atom is 0.232 e. The zero-order valence-corrected chi connectivity index (χ0v) is 18.4. The molecule has 30 heavy (non-hydrogen) atoms. The van der Waals surface area contributed by atoms with E-state index in [0.29, 0.717) is 11.3 Å². The number of aromatic nitrogens is 1. The molecule has 2 N–H and O–H groups in total. The Morgan fingerprint density at radius 2 is 1.80 bits per heavy atom. The first-order valence-electron chi connectivity index (χ1n) is 9.60. The molecular weight excluding hydrogens is 402 g/mol. The molecule has 0 saturated carbocycles. The highest BCUT2D eigenvalue weighted by Crippen LogP contribution is 2.29. The minimum absolute atomic E-state index is 0.0699. The van der Waals surface area contributed by atoms with E-state index in [2.05, 4.69) is 5.16 Å². The molecule has 0 spiro atoms. The van der Waals surface area contributed by atoms with Crippen molar-refractivity contribution >= 4 is 32.8 Å². The van der Waals surface area contributed by atoms with E-state index >= 15 is 0 Å². The van der Waals surface area contributed by atoms with E-state index in [4.69, 9.17) is 5.21 Å². The zero-order valence-electron chi connectivity index (χ0n) is 17.6. The van der Waals surface area contributed by atoms with Gasteiger partial charge in [-0.3, -0.25) is 4.31 Å². The number of nitrogens with zero attached hydrogens (tertiary/aromatic N) is 3. The van der Waals surface area contributed by atoms with Crippen LogP contribution in [0.25, 0.3) is 10.9 Å². The Morgan fingerprint density at radius 1 is 1.17 bits per heavy atom. The first-order chi connectivity index (χ1) is 14.1. The molecule has 0 saturated heterocycles. The second kappa shape index (κ2) is 8.49. The third-order valence-corrected chi connectivity index (χ3v) is 6.22. The molecule has 0 aliphatic carbocycles. The van der Waals surface area contributed by atoms with Crippen molar-refractivity contribution in [2.24, 2.45) is 5.16 Å². The maximum atomic E-state index is 12.6. The molecule has 1 aromatic heterocycles. The second-order valence-corrected chi connectivity index (χ2v) is 9.60. The van der Waals surface area contributed by atoms with Gasteiger partial charge in [0.2, 0.25) is 10.0 Å². The number of sulfonamides is 1. The van der Waals surface area contributed by atoms with Crippen molar-refractivity contribution in [1.29, 1.82) is 0 Å². The summed E-state index contributed by atoms with van der Waals surface area (Å²) in [6, 6.07) is 11.4. The van der Waals surface area contributed by atoms with Crippen LogP contribution in [0.4, 0.5) is 5.69 Å². The molecule has 7 nitrogen and oxygen atoms in total. The van der Waals surface area contributed by atoms with E-state index in [1.807, 2.05) is 61.7 Å². The van der Waals surface area contributed by atoms with E-state index in [9.17, 15) is 13.5 Å². The van der Waals surface area contributed by atoms with E-state index in [0.717, 1.165) is 33.8 Å². The molecule has 0 amide bonds. The second-order valence-electron chi connectivity index (χ2n) is 7.69. The van der Waals surface area contributed by atoms with Gasteiger partial charge in [0.15, 0.2) is 0 Å². The van der Waals surface area contributed by atoms with Crippen LogP contribution >= 0.6 is 0 Å². The predicted molar refractivity (Wildman–Crippen MR) is 120 cm³/mol. The Hall–Kier alpha value is -2.84. The summed E-state index contributed by atoms with van der Waals surface area (Å²) in [5.41, 5.74) is 4.92. The number of benzene rings is 2. The van der Waals surface area contributed by atoms with Crippen molar-refractivity contribution in [2.45, 2.75) is 33.4 Å². The number of aryl methyl sites for hydroxylation is 3. The lowest BCUT2D eigenvalue weighted by Gasteiger charge is -2.28. The molecule has 2 aromatic carbocycles. The summed E-state index contributed by atoms with van der Waals surface area (Å²) in [6.45, 7) is 5.84. The fourth-order valence-electron chi connectivity index (χ4n) is 4.03. The van der Waals surface area contributed by atoms with E-state index in [1.165, 1.54) is 10.5 Å². The summed E-state index contributed by atoms with van der Waals surface area (Å²) in [4.78, 5) is 0. The Bertz CT molecular complexity index is 1180. The van der Waals surface area contributed by atoms with E-state index < -0.39 is 16.1 Å². The monoisotopic (exact) mass is 429 g/mol. The third-order valence-electron chi connectivity index (χ3n) is 5.09. The van der Waals surface area contributed by atoms with Gasteiger partial charge in [-0.05, 0) is 38.0 Å². The highest BCUT2D eigenvalue weighted by molar-refractivity contribution is 7.92. The molecule has 8 heteroatoms. The van der Waals surface area contributed by atoms with Crippen LogP contribution in [0.5, 0.6) is 0 Å². The molecule has 0 fully saturated rings. The van der Waals surface area contributed by atoms with Gasteiger partial charge in [0, 0.05) is 22.7 Å². The molecule has 160 valence electrons. The van der Waals surface area contributed by atoms with Crippen LogP contribution in [0, 0.1) is 20.8 Å². The molecule has 3 rings (SSSR count). The first kappa shape index (κ1) is 21.9. The Morgan fingerprint density at radius 3 is 2.40 bits per heavy atom. The summed E-state index contributed by atoms with van der Waals surface area (Å²) >= 11 is 0.